The number of aromatic nitrogens is 1. The Morgan fingerprint density at radius 3 is 3.11 bits per heavy atom. The Hall–Kier alpha value is -0.600. The summed E-state index contributed by atoms with van der Waals surface area (Å²) >= 11 is 4.59. The van der Waals surface area contributed by atoms with Crippen LogP contribution in [0.1, 0.15) is 0 Å². The quantitative estimate of drug-likeness (QED) is 0.560. The third kappa shape index (κ3) is 1.66. The SMILES string of the molecule is N#CNc1ncc(Br)s1. The number of nitrogens with zero attached hydrogens (tertiary/aromatic N) is 2. The molecule has 0 saturated carbocycles. The summed E-state index contributed by atoms with van der Waals surface area (Å²) in [5.41, 5.74) is 0. The van der Waals surface area contributed by atoms with Crippen molar-refractivity contribution in [3.05, 3.63) is 9.98 Å². The largest absolute Gasteiger partial charge is 0.268 e. The molecular formula is C4H2BrN3S. The van der Waals surface area contributed by atoms with E-state index in [4.69, 9.17) is 5.26 Å². The van der Waals surface area contributed by atoms with Crippen molar-refractivity contribution in [3.63, 3.8) is 0 Å². The molecule has 1 heterocycles. The first-order valence-corrected chi connectivity index (χ1v) is 3.70. The highest BCUT2D eigenvalue weighted by Gasteiger charge is 1.94. The molecule has 0 atom stereocenters. The number of rotatable bonds is 1. The van der Waals surface area contributed by atoms with Gasteiger partial charge in [0.15, 0.2) is 11.3 Å². The number of nitriles is 1. The first-order chi connectivity index (χ1) is 4.33. The maximum atomic E-state index is 8.12. The standard InChI is InChI=1S/C4H2BrN3S/c5-3-1-7-4(9-3)8-2-6/h1H,(H,7,8). The molecule has 0 bridgehead atoms. The highest BCUT2D eigenvalue weighted by atomic mass is 79.9. The second-order valence-electron chi connectivity index (χ2n) is 1.21. The zero-order valence-corrected chi connectivity index (χ0v) is 6.66. The van der Waals surface area contributed by atoms with Crippen LogP contribution in [0.3, 0.4) is 0 Å². The summed E-state index contributed by atoms with van der Waals surface area (Å²) in [4.78, 5) is 3.84. The molecule has 46 valence electrons. The lowest BCUT2D eigenvalue weighted by Crippen LogP contribution is -1.82. The first kappa shape index (κ1) is 6.52. The van der Waals surface area contributed by atoms with E-state index >= 15 is 0 Å². The maximum Gasteiger partial charge on any atom is 0.197 e. The second-order valence-corrected chi connectivity index (χ2v) is 3.62. The molecule has 0 fully saturated rings. The monoisotopic (exact) mass is 203 g/mol. The summed E-state index contributed by atoms with van der Waals surface area (Å²) < 4.78 is 0.917. The summed E-state index contributed by atoms with van der Waals surface area (Å²) in [5, 5.41) is 11.1. The minimum atomic E-state index is 0.615. The van der Waals surface area contributed by atoms with Gasteiger partial charge in [0.1, 0.15) is 0 Å². The van der Waals surface area contributed by atoms with Gasteiger partial charge in [-0.2, -0.15) is 5.26 Å². The van der Waals surface area contributed by atoms with Crippen LogP contribution in [0, 0.1) is 11.5 Å². The van der Waals surface area contributed by atoms with E-state index in [9.17, 15) is 0 Å². The summed E-state index contributed by atoms with van der Waals surface area (Å²) in [6.45, 7) is 0. The zero-order valence-electron chi connectivity index (χ0n) is 4.26. The van der Waals surface area contributed by atoms with E-state index in [0.29, 0.717) is 5.13 Å². The topological polar surface area (TPSA) is 48.7 Å². The van der Waals surface area contributed by atoms with Gasteiger partial charge in [0.2, 0.25) is 0 Å². The van der Waals surface area contributed by atoms with Gasteiger partial charge in [0, 0.05) is 0 Å². The van der Waals surface area contributed by atoms with Crippen LogP contribution in [0.4, 0.5) is 5.13 Å². The van der Waals surface area contributed by atoms with E-state index in [1.165, 1.54) is 11.3 Å². The van der Waals surface area contributed by atoms with Crippen molar-refractivity contribution in [1.82, 2.24) is 4.98 Å². The van der Waals surface area contributed by atoms with Crippen LogP contribution in [0.15, 0.2) is 9.98 Å². The van der Waals surface area contributed by atoms with Crippen LogP contribution in [0.5, 0.6) is 0 Å². The van der Waals surface area contributed by atoms with Crippen LogP contribution < -0.4 is 5.32 Å². The van der Waals surface area contributed by atoms with E-state index < -0.39 is 0 Å². The van der Waals surface area contributed by atoms with Crippen LogP contribution >= 0.6 is 27.3 Å². The second kappa shape index (κ2) is 2.80. The van der Waals surface area contributed by atoms with Crippen LogP contribution in [0.25, 0.3) is 0 Å². The molecule has 1 rings (SSSR count). The molecule has 0 amide bonds. The Morgan fingerprint density at radius 1 is 1.89 bits per heavy atom. The number of hydrogen-bond donors (Lipinski definition) is 1. The lowest BCUT2D eigenvalue weighted by Gasteiger charge is -1.81. The summed E-state index contributed by atoms with van der Waals surface area (Å²) in [5.74, 6) is 0. The van der Waals surface area contributed by atoms with Crippen molar-refractivity contribution >= 4 is 32.4 Å². The van der Waals surface area contributed by atoms with E-state index in [-0.39, 0.29) is 0 Å². The summed E-state index contributed by atoms with van der Waals surface area (Å²) in [6.07, 6.45) is 3.42. The molecule has 5 heteroatoms. The third-order valence-electron chi connectivity index (χ3n) is 0.640. The summed E-state index contributed by atoms with van der Waals surface area (Å²) in [6, 6.07) is 0. The van der Waals surface area contributed by atoms with Crippen LogP contribution in [0.2, 0.25) is 0 Å². The predicted molar refractivity (Wildman–Crippen MR) is 39.0 cm³/mol. The smallest absolute Gasteiger partial charge is 0.197 e. The van der Waals surface area contributed by atoms with Gasteiger partial charge < -0.3 is 0 Å². The zero-order chi connectivity index (χ0) is 6.69. The highest BCUT2D eigenvalue weighted by molar-refractivity contribution is 9.11. The summed E-state index contributed by atoms with van der Waals surface area (Å²) in [7, 11) is 0. The average Bonchev–Trinajstić information content (AvgIpc) is 2.17. The molecule has 0 aliphatic carbocycles. The van der Waals surface area contributed by atoms with Gasteiger partial charge in [-0.1, -0.05) is 11.3 Å². The molecule has 1 aromatic rings. The van der Waals surface area contributed by atoms with Gasteiger partial charge in [-0.3, -0.25) is 5.32 Å². The number of halogens is 1. The van der Waals surface area contributed by atoms with Gasteiger partial charge in [0.25, 0.3) is 0 Å². The number of anilines is 1. The van der Waals surface area contributed by atoms with Crippen molar-refractivity contribution in [2.75, 3.05) is 5.32 Å². The fourth-order valence-corrected chi connectivity index (χ4v) is 1.41. The Bertz CT molecular complexity index is 238. The molecular weight excluding hydrogens is 202 g/mol. The van der Waals surface area contributed by atoms with Gasteiger partial charge in [-0.15, -0.1) is 0 Å². The van der Waals surface area contributed by atoms with Gasteiger partial charge >= 0.3 is 0 Å². The van der Waals surface area contributed by atoms with E-state index in [0.717, 1.165) is 3.79 Å². The average molecular weight is 204 g/mol. The molecule has 0 unspecified atom stereocenters. The van der Waals surface area contributed by atoms with Crippen molar-refractivity contribution in [1.29, 1.82) is 5.26 Å². The number of hydrogen-bond acceptors (Lipinski definition) is 4. The lowest BCUT2D eigenvalue weighted by atomic mass is 11.0. The lowest BCUT2D eigenvalue weighted by molar-refractivity contribution is 1.38. The molecule has 0 spiro atoms. The molecule has 3 nitrogen and oxygen atoms in total. The molecule has 1 N–H and O–H groups in total. The van der Waals surface area contributed by atoms with Crippen molar-refractivity contribution in [3.8, 4) is 6.19 Å². The van der Waals surface area contributed by atoms with Crippen molar-refractivity contribution in [2.24, 2.45) is 0 Å². The normalized spacial score (nSPS) is 8.44. The molecule has 0 aromatic carbocycles. The highest BCUT2D eigenvalue weighted by Crippen LogP contribution is 2.22. The molecule has 0 aliphatic rings. The van der Waals surface area contributed by atoms with E-state index in [2.05, 4.69) is 26.2 Å². The Balaban J connectivity index is 2.76. The van der Waals surface area contributed by atoms with Crippen LogP contribution in [-0.2, 0) is 0 Å². The Labute approximate surface area is 64.5 Å². The molecule has 0 aliphatic heterocycles. The van der Waals surface area contributed by atoms with Crippen molar-refractivity contribution < 1.29 is 0 Å². The van der Waals surface area contributed by atoms with Crippen LogP contribution in [-0.4, -0.2) is 4.98 Å². The number of nitrogens with one attached hydrogen (secondary N) is 1. The van der Waals surface area contributed by atoms with Gasteiger partial charge in [-0.25, -0.2) is 4.98 Å². The molecule has 9 heavy (non-hydrogen) atoms. The third-order valence-corrected chi connectivity index (χ3v) is 2.03. The Kier molecular flexibility index (Phi) is 2.03. The first-order valence-electron chi connectivity index (χ1n) is 2.09. The van der Waals surface area contributed by atoms with Gasteiger partial charge in [0.05, 0.1) is 9.98 Å². The van der Waals surface area contributed by atoms with E-state index in [1.807, 2.05) is 0 Å². The molecule has 1 aromatic heterocycles. The Morgan fingerprint density at radius 2 is 2.67 bits per heavy atom. The van der Waals surface area contributed by atoms with Crippen molar-refractivity contribution in [2.45, 2.75) is 0 Å². The molecule has 0 saturated heterocycles. The van der Waals surface area contributed by atoms with E-state index in [1.54, 1.807) is 12.4 Å². The minimum absolute atomic E-state index is 0.615. The van der Waals surface area contributed by atoms with Gasteiger partial charge in [-0.05, 0) is 15.9 Å². The minimum Gasteiger partial charge on any atom is -0.268 e. The fraction of sp³-hybridized carbons (Fsp3) is 0. The fourth-order valence-electron chi connectivity index (χ4n) is 0.360. The maximum absolute atomic E-state index is 8.12. The molecule has 0 radical (unpaired) electrons. The number of thiazole rings is 1. The predicted octanol–water partition coefficient (Wildman–Crippen LogP) is 1.80.